The van der Waals surface area contributed by atoms with E-state index in [1.165, 1.54) is 0 Å². The molecule has 0 radical (unpaired) electrons. The Morgan fingerprint density at radius 2 is 1.56 bits per heavy atom. The zero-order valence-electron chi connectivity index (χ0n) is 22.9. The SMILES string of the molecule is CN(C)CCOc1cc(OCCN(C)C)c2c(c1)O[C@]1(c3ccc(Cl)cc3)[C@@H](c3ccccc3)C[C@H](O)[C@]21O. The minimum atomic E-state index is -1.79. The largest absolute Gasteiger partial charge is 0.492 e. The summed E-state index contributed by atoms with van der Waals surface area (Å²) in [4.78, 5) is 4.07. The van der Waals surface area contributed by atoms with Crippen LogP contribution in [0.3, 0.4) is 0 Å². The molecule has 7 nitrogen and oxygen atoms in total. The Bertz CT molecular complexity index is 1290. The molecule has 1 fully saturated rings. The Kier molecular flexibility index (Phi) is 7.82. The summed E-state index contributed by atoms with van der Waals surface area (Å²) in [6, 6.07) is 20.8. The molecule has 1 saturated carbocycles. The predicted octanol–water partition coefficient (Wildman–Crippen LogP) is 4.24. The van der Waals surface area contributed by atoms with Crippen LogP contribution in [0.2, 0.25) is 5.02 Å². The standard InChI is InChI=1S/C31H37ClN2O5/c1-33(2)14-16-37-24-18-26(38-17-15-34(3)4)29-27(19-24)39-31(22-10-12-23(32)13-11-22)25(20-28(35)30(29,31)36)21-8-6-5-7-9-21/h5-13,18-19,25,28,35-36H,14-17,20H2,1-4H3/t25-,28+,30+,31-/m1/s1. The van der Waals surface area contributed by atoms with Crippen LogP contribution in [0.1, 0.15) is 29.0 Å². The molecule has 208 valence electrons. The van der Waals surface area contributed by atoms with Gasteiger partial charge in [0, 0.05) is 36.2 Å². The van der Waals surface area contributed by atoms with Gasteiger partial charge in [-0.1, -0.05) is 54.1 Å². The van der Waals surface area contributed by atoms with Gasteiger partial charge in [0.1, 0.15) is 30.5 Å². The average molecular weight is 553 g/mol. The zero-order chi connectivity index (χ0) is 27.8. The Morgan fingerprint density at radius 3 is 2.21 bits per heavy atom. The van der Waals surface area contributed by atoms with Crippen molar-refractivity contribution in [1.82, 2.24) is 9.80 Å². The van der Waals surface area contributed by atoms with E-state index in [4.69, 9.17) is 25.8 Å². The maximum Gasteiger partial charge on any atom is 0.176 e. The number of aliphatic hydroxyl groups is 2. The lowest BCUT2D eigenvalue weighted by Gasteiger charge is -2.40. The van der Waals surface area contributed by atoms with Gasteiger partial charge in [-0.05, 0) is 57.9 Å². The second kappa shape index (κ2) is 11.0. The number of rotatable bonds is 10. The van der Waals surface area contributed by atoms with Crippen molar-refractivity contribution >= 4 is 11.6 Å². The highest BCUT2D eigenvalue weighted by Gasteiger charge is 2.73. The number of benzene rings is 3. The van der Waals surface area contributed by atoms with E-state index in [0.29, 0.717) is 54.0 Å². The van der Waals surface area contributed by atoms with Crippen molar-refractivity contribution in [2.24, 2.45) is 0 Å². The zero-order valence-corrected chi connectivity index (χ0v) is 23.7. The highest BCUT2D eigenvalue weighted by Crippen LogP contribution is 2.68. The van der Waals surface area contributed by atoms with Crippen molar-refractivity contribution in [1.29, 1.82) is 0 Å². The third-order valence-electron chi connectivity index (χ3n) is 7.77. The second-order valence-electron chi connectivity index (χ2n) is 10.9. The van der Waals surface area contributed by atoms with Gasteiger partial charge in [-0.15, -0.1) is 0 Å². The molecular weight excluding hydrogens is 516 g/mol. The molecular formula is C31H37ClN2O5. The number of nitrogens with zero attached hydrogens (tertiary/aromatic N) is 2. The first-order valence-corrected chi connectivity index (χ1v) is 13.7. The minimum Gasteiger partial charge on any atom is -0.492 e. The molecule has 3 aromatic carbocycles. The number of likely N-dealkylation sites (N-methyl/N-ethyl adjacent to an activating group) is 2. The van der Waals surface area contributed by atoms with Gasteiger partial charge >= 0.3 is 0 Å². The first kappa shape index (κ1) is 27.7. The molecule has 3 aromatic rings. The van der Waals surface area contributed by atoms with Gasteiger partial charge in [0.25, 0.3) is 0 Å². The molecule has 5 rings (SSSR count). The molecule has 2 N–H and O–H groups in total. The molecule has 4 atom stereocenters. The number of aliphatic hydroxyl groups excluding tert-OH is 1. The summed E-state index contributed by atoms with van der Waals surface area (Å²) < 4.78 is 19.3. The second-order valence-corrected chi connectivity index (χ2v) is 11.4. The Hall–Kier alpha value is -2.81. The van der Waals surface area contributed by atoms with E-state index in [9.17, 15) is 10.2 Å². The topological polar surface area (TPSA) is 74.6 Å². The highest BCUT2D eigenvalue weighted by atomic mass is 35.5. The summed E-state index contributed by atoms with van der Waals surface area (Å²) in [5, 5.41) is 25.0. The van der Waals surface area contributed by atoms with E-state index in [1.54, 1.807) is 24.3 Å². The molecule has 0 amide bonds. The van der Waals surface area contributed by atoms with Crippen molar-refractivity contribution < 1.29 is 24.4 Å². The summed E-state index contributed by atoms with van der Waals surface area (Å²) >= 11 is 6.27. The van der Waals surface area contributed by atoms with E-state index >= 15 is 0 Å². The lowest BCUT2D eigenvalue weighted by atomic mass is 9.71. The third kappa shape index (κ3) is 4.87. The van der Waals surface area contributed by atoms with Crippen LogP contribution in [0.25, 0.3) is 0 Å². The van der Waals surface area contributed by atoms with Gasteiger partial charge in [-0.25, -0.2) is 0 Å². The van der Waals surface area contributed by atoms with Gasteiger partial charge in [-0.3, -0.25) is 0 Å². The van der Waals surface area contributed by atoms with Crippen molar-refractivity contribution in [3.05, 3.63) is 88.4 Å². The van der Waals surface area contributed by atoms with E-state index in [2.05, 4.69) is 0 Å². The lowest BCUT2D eigenvalue weighted by Crippen LogP contribution is -2.52. The molecule has 0 saturated heterocycles. The lowest BCUT2D eigenvalue weighted by molar-refractivity contribution is -0.150. The van der Waals surface area contributed by atoms with Gasteiger partial charge in [0.05, 0.1) is 11.7 Å². The maximum absolute atomic E-state index is 12.7. The number of halogens is 1. The summed E-state index contributed by atoms with van der Waals surface area (Å²) in [6.07, 6.45) is -0.808. The monoisotopic (exact) mass is 552 g/mol. The Morgan fingerprint density at radius 1 is 0.923 bits per heavy atom. The average Bonchev–Trinajstić information content (AvgIpc) is 3.29. The van der Waals surface area contributed by atoms with E-state index in [1.807, 2.05) is 80.5 Å². The summed E-state index contributed by atoms with van der Waals surface area (Å²) in [5.74, 6) is 1.12. The fourth-order valence-corrected chi connectivity index (χ4v) is 6.01. The molecule has 1 aliphatic carbocycles. The molecule has 0 aromatic heterocycles. The van der Waals surface area contributed by atoms with Crippen LogP contribution < -0.4 is 14.2 Å². The fourth-order valence-electron chi connectivity index (χ4n) is 5.88. The van der Waals surface area contributed by atoms with E-state index in [0.717, 1.165) is 17.7 Å². The van der Waals surface area contributed by atoms with Crippen LogP contribution in [0, 0.1) is 0 Å². The quantitative estimate of drug-likeness (QED) is 0.389. The molecule has 2 aliphatic rings. The molecule has 0 unspecified atom stereocenters. The van der Waals surface area contributed by atoms with Crippen molar-refractivity contribution in [2.45, 2.75) is 29.6 Å². The maximum atomic E-state index is 12.7. The van der Waals surface area contributed by atoms with E-state index < -0.39 is 17.3 Å². The van der Waals surface area contributed by atoms with Crippen LogP contribution in [0.15, 0.2) is 66.7 Å². The summed E-state index contributed by atoms with van der Waals surface area (Å²) in [6.45, 7) is 2.28. The van der Waals surface area contributed by atoms with Crippen LogP contribution in [0.4, 0.5) is 0 Å². The smallest absolute Gasteiger partial charge is 0.176 e. The van der Waals surface area contributed by atoms with Gasteiger partial charge in [-0.2, -0.15) is 0 Å². The normalized spacial score (nSPS) is 25.5. The van der Waals surface area contributed by atoms with Gasteiger partial charge in [0.2, 0.25) is 0 Å². The highest BCUT2D eigenvalue weighted by molar-refractivity contribution is 6.30. The molecule has 0 spiro atoms. The predicted molar refractivity (Wildman–Crippen MR) is 152 cm³/mol. The number of hydrogen-bond acceptors (Lipinski definition) is 7. The number of fused-ring (bicyclic) bond motifs is 3. The summed E-state index contributed by atoms with van der Waals surface area (Å²) in [5.41, 5.74) is -0.963. The van der Waals surface area contributed by atoms with Gasteiger partial charge < -0.3 is 34.2 Å². The van der Waals surface area contributed by atoms with Crippen LogP contribution in [-0.2, 0) is 11.2 Å². The van der Waals surface area contributed by atoms with Gasteiger partial charge in [0.15, 0.2) is 11.2 Å². The Balaban J connectivity index is 1.67. The van der Waals surface area contributed by atoms with Crippen LogP contribution in [-0.4, -0.2) is 80.6 Å². The summed E-state index contributed by atoms with van der Waals surface area (Å²) in [7, 11) is 7.93. The Labute approximate surface area is 235 Å². The third-order valence-corrected chi connectivity index (χ3v) is 8.02. The number of ether oxygens (including phenoxy) is 3. The first-order valence-electron chi connectivity index (χ1n) is 13.3. The van der Waals surface area contributed by atoms with Crippen molar-refractivity contribution in [3.8, 4) is 17.2 Å². The molecule has 0 bridgehead atoms. The molecule has 8 heteroatoms. The van der Waals surface area contributed by atoms with Crippen molar-refractivity contribution in [2.75, 3.05) is 54.5 Å². The fraction of sp³-hybridized carbons (Fsp3) is 0.419. The molecule has 1 aliphatic heterocycles. The van der Waals surface area contributed by atoms with Crippen LogP contribution >= 0.6 is 11.6 Å². The van der Waals surface area contributed by atoms with E-state index in [-0.39, 0.29) is 5.92 Å². The number of hydrogen-bond donors (Lipinski definition) is 2. The van der Waals surface area contributed by atoms with Crippen molar-refractivity contribution in [3.63, 3.8) is 0 Å². The molecule has 1 heterocycles. The van der Waals surface area contributed by atoms with Crippen LogP contribution in [0.5, 0.6) is 17.2 Å². The first-order chi connectivity index (χ1) is 18.7. The minimum absolute atomic E-state index is 0.306. The molecule has 39 heavy (non-hydrogen) atoms.